The van der Waals surface area contributed by atoms with Crippen LogP contribution >= 0.6 is 0 Å². The van der Waals surface area contributed by atoms with E-state index in [4.69, 9.17) is 9.72 Å². The summed E-state index contributed by atoms with van der Waals surface area (Å²) in [6, 6.07) is 18.5. The average Bonchev–Trinajstić information content (AvgIpc) is 3.51. The Labute approximate surface area is 180 Å². The number of nitrogens with one attached hydrogen (secondary N) is 1. The molecule has 1 N–H and O–H groups in total. The van der Waals surface area contributed by atoms with Crippen molar-refractivity contribution in [1.29, 1.82) is 0 Å². The van der Waals surface area contributed by atoms with Crippen LogP contribution in [0.2, 0.25) is 0 Å². The number of rotatable bonds is 4. The number of fused-ring (bicyclic) bond motifs is 4. The molecule has 0 saturated carbocycles. The van der Waals surface area contributed by atoms with Crippen LogP contribution in [0.1, 0.15) is 30.1 Å². The molecule has 31 heavy (non-hydrogen) atoms. The summed E-state index contributed by atoms with van der Waals surface area (Å²) in [4.78, 5) is 21.5. The molecule has 0 spiro atoms. The Morgan fingerprint density at radius 1 is 1.10 bits per heavy atom. The Kier molecular flexibility index (Phi) is 4.21. The van der Waals surface area contributed by atoms with Gasteiger partial charge in [0.15, 0.2) is 0 Å². The Morgan fingerprint density at radius 2 is 1.87 bits per heavy atom. The van der Waals surface area contributed by atoms with Gasteiger partial charge in [-0.1, -0.05) is 24.3 Å². The van der Waals surface area contributed by atoms with Gasteiger partial charge in [-0.05, 0) is 60.9 Å². The maximum Gasteiger partial charge on any atom is 0.268 e. The number of ether oxygens (including phenoxy) is 1. The first-order valence-electron chi connectivity index (χ1n) is 11.0. The highest BCUT2D eigenvalue weighted by Gasteiger charge is 2.41. The number of carbonyl (C=O) groups is 1. The number of hydrogen-bond donors (Lipinski definition) is 1. The van der Waals surface area contributed by atoms with Crippen LogP contribution in [-0.4, -0.2) is 51.6 Å². The number of benzene rings is 3. The van der Waals surface area contributed by atoms with Crippen molar-refractivity contribution in [1.82, 2.24) is 20.0 Å². The van der Waals surface area contributed by atoms with E-state index in [9.17, 15) is 4.79 Å². The third kappa shape index (κ3) is 2.98. The van der Waals surface area contributed by atoms with Gasteiger partial charge in [0.05, 0.1) is 29.2 Å². The minimum atomic E-state index is 0.0587. The largest absolute Gasteiger partial charge is 0.493 e. The van der Waals surface area contributed by atoms with E-state index >= 15 is 0 Å². The van der Waals surface area contributed by atoms with Gasteiger partial charge < -0.3 is 9.72 Å². The van der Waals surface area contributed by atoms with Crippen LogP contribution in [0.3, 0.4) is 0 Å². The maximum atomic E-state index is 13.2. The van der Waals surface area contributed by atoms with Crippen LogP contribution in [0, 0.1) is 0 Å². The second-order valence-corrected chi connectivity index (χ2v) is 8.28. The van der Waals surface area contributed by atoms with E-state index in [1.807, 2.05) is 42.3 Å². The zero-order valence-electron chi connectivity index (χ0n) is 17.5. The van der Waals surface area contributed by atoms with Crippen molar-refractivity contribution < 1.29 is 9.53 Å². The van der Waals surface area contributed by atoms with Crippen LogP contribution < -0.4 is 4.74 Å². The van der Waals surface area contributed by atoms with E-state index in [1.165, 1.54) is 5.39 Å². The molecule has 2 bridgehead atoms. The van der Waals surface area contributed by atoms with E-state index in [0.29, 0.717) is 24.0 Å². The second-order valence-electron chi connectivity index (χ2n) is 8.28. The fourth-order valence-corrected chi connectivity index (χ4v) is 4.92. The van der Waals surface area contributed by atoms with Crippen molar-refractivity contribution in [3.8, 4) is 17.1 Å². The maximum absolute atomic E-state index is 13.2. The molecule has 0 aliphatic carbocycles. The SMILES string of the molecule is CCOc1cc(C(=O)N2C3CCN2CC3)ccc1-c1nc2cc3ccccc3cc2[nH]1. The van der Waals surface area contributed by atoms with E-state index in [-0.39, 0.29) is 5.91 Å². The van der Waals surface area contributed by atoms with Gasteiger partial charge in [-0.15, -0.1) is 0 Å². The normalized spacial score (nSPS) is 20.1. The number of carbonyl (C=O) groups excluding carboxylic acids is 1. The fraction of sp³-hybridized carbons (Fsp3) is 0.280. The fourth-order valence-electron chi connectivity index (χ4n) is 4.92. The lowest BCUT2D eigenvalue weighted by Crippen LogP contribution is -2.38. The predicted octanol–water partition coefficient (Wildman–Crippen LogP) is 4.62. The molecule has 2 saturated heterocycles. The molecular weight excluding hydrogens is 388 g/mol. The van der Waals surface area contributed by atoms with Gasteiger partial charge in [-0.2, -0.15) is 0 Å². The van der Waals surface area contributed by atoms with Crippen molar-refractivity contribution in [3.63, 3.8) is 0 Å². The molecule has 6 nitrogen and oxygen atoms in total. The molecule has 0 unspecified atom stereocenters. The average molecular weight is 412 g/mol. The van der Waals surface area contributed by atoms with E-state index in [0.717, 1.165) is 53.7 Å². The van der Waals surface area contributed by atoms with E-state index < -0.39 is 0 Å². The van der Waals surface area contributed by atoms with Crippen molar-refractivity contribution in [2.45, 2.75) is 25.8 Å². The highest BCUT2D eigenvalue weighted by atomic mass is 16.5. The Bertz CT molecular complexity index is 1240. The molecule has 1 aromatic heterocycles. The molecule has 0 radical (unpaired) electrons. The Balaban J connectivity index is 1.40. The molecular formula is C25H24N4O2. The summed E-state index contributed by atoms with van der Waals surface area (Å²) in [5.41, 5.74) is 3.42. The lowest BCUT2D eigenvalue weighted by atomic mass is 10.1. The number of aromatic amines is 1. The minimum Gasteiger partial charge on any atom is -0.493 e. The van der Waals surface area contributed by atoms with Crippen LogP contribution in [-0.2, 0) is 0 Å². The molecule has 2 aliphatic rings. The van der Waals surface area contributed by atoms with Gasteiger partial charge in [-0.25, -0.2) is 9.99 Å². The van der Waals surface area contributed by atoms with Crippen molar-refractivity contribution in [2.75, 3.05) is 19.7 Å². The third-order valence-corrected chi connectivity index (χ3v) is 6.43. The lowest BCUT2D eigenvalue weighted by Gasteiger charge is -2.24. The van der Waals surface area contributed by atoms with Gasteiger partial charge in [0.1, 0.15) is 11.6 Å². The van der Waals surface area contributed by atoms with Crippen LogP contribution in [0.25, 0.3) is 33.2 Å². The highest BCUT2D eigenvalue weighted by molar-refractivity contribution is 5.97. The van der Waals surface area contributed by atoms with Crippen molar-refractivity contribution in [2.24, 2.45) is 0 Å². The topological polar surface area (TPSA) is 61.5 Å². The molecule has 3 aromatic carbocycles. The number of hydrogen-bond acceptors (Lipinski definition) is 4. The number of piperidine rings is 1. The summed E-state index contributed by atoms with van der Waals surface area (Å²) in [5.74, 6) is 1.49. The first kappa shape index (κ1) is 18.4. The molecule has 1 amide bonds. The second kappa shape index (κ2) is 7.10. The Morgan fingerprint density at radius 3 is 2.58 bits per heavy atom. The number of aromatic nitrogens is 2. The standard InChI is InChI=1S/C25H24N4O2/c1-2-31-23-15-18(25(30)29-19-9-11-28(29)12-10-19)7-8-20(23)24-26-21-13-16-5-3-4-6-17(16)14-22(21)27-24/h3-8,13-15,19H,2,9-12H2,1H3,(H,26,27). The van der Waals surface area contributed by atoms with Crippen molar-refractivity contribution in [3.05, 3.63) is 60.2 Å². The number of amides is 1. The van der Waals surface area contributed by atoms with Gasteiger partial charge in [-0.3, -0.25) is 9.80 Å². The minimum absolute atomic E-state index is 0.0587. The molecule has 3 heterocycles. The molecule has 6 rings (SSSR count). The number of nitrogens with zero attached hydrogens (tertiary/aromatic N) is 3. The molecule has 2 aliphatic heterocycles. The van der Waals surface area contributed by atoms with Crippen molar-refractivity contribution >= 4 is 27.7 Å². The van der Waals surface area contributed by atoms with Gasteiger partial charge in [0.25, 0.3) is 5.91 Å². The van der Waals surface area contributed by atoms with Gasteiger partial charge in [0, 0.05) is 18.7 Å². The lowest BCUT2D eigenvalue weighted by molar-refractivity contribution is 0.0334. The molecule has 0 atom stereocenters. The molecule has 6 heteroatoms. The number of imidazole rings is 1. The van der Waals surface area contributed by atoms with Crippen LogP contribution in [0.4, 0.5) is 0 Å². The molecule has 2 fully saturated rings. The first-order chi connectivity index (χ1) is 15.2. The van der Waals surface area contributed by atoms with E-state index in [2.05, 4.69) is 34.3 Å². The number of H-pyrrole nitrogens is 1. The summed E-state index contributed by atoms with van der Waals surface area (Å²) >= 11 is 0. The monoisotopic (exact) mass is 412 g/mol. The summed E-state index contributed by atoms with van der Waals surface area (Å²) in [7, 11) is 0. The first-order valence-corrected chi connectivity index (χ1v) is 11.0. The zero-order valence-corrected chi connectivity index (χ0v) is 17.5. The van der Waals surface area contributed by atoms with Gasteiger partial charge >= 0.3 is 0 Å². The number of hydrazine groups is 1. The van der Waals surface area contributed by atoms with Crippen LogP contribution in [0.5, 0.6) is 5.75 Å². The summed E-state index contributed by atoms with van der Waals surface area (Å²) < 4.78 is 5.94. The highest BCUT2D eigenvalue weighted by Crippen LogP contribution is 2.34. The van der Waals surface area contributed by atoms with Gasteiger partial charge in [0.2, 0.25) is 0 Å². The predicted molar refractivity (Wildman–Crippen MR) is 121 cm³/mol. The summed E-state index contributed by atoms with van der Waals surface area (Å²) in [6.45, 7) is 4.42. The summed E-state index contributed by atoms with van der Waals surface area (Å²) in [6.07, 6.45) is 2.13. The summed E-state index contributed by atoms with van der Waals surface area (Å²) in [5, 5.41) is 6.45. The third-order valence-electron chi connectivity index (χ3n) is 6.43. The van der Waals surface area contributed by atoms with E-state index in [1.54, 1.807) is 0 Å². The van der Waals surface area contributed by atoms with Crippen LogP contribution in [0.15, 0.2) is 54.6 Å². The quantitative estimate of drug-likeness (QED) is 0.531. The Hall–Kier alpha value is -3.38. The smallest absolute Gasteiger partial charge is 0.268 e. The zero-order chi connectivity index (χ0) is 20.9. The molecule has 156 valence electrons. The molecule has 4 aromatic rings.